The number of imidazole rings is 1. The maximum absolute atomic E-state index is 13.5. The molecule has 5 aromatic rings. The van der Waals surface area contributed by atoms with Gasteiger partial charge in [-0.2, -0.15) is 17.6 Å². The normalized spacial score (nSPS) is 15.1. The minimum absolute atomic E-state index is 0.0456. The van der Waals surface area contributed by atoms with Gasteiger partial charge < -0.3 is 9.64 Å². The Morgan fingerprint density at radius 3 is 2.65 bits per heavy atom. The zero-order chi connectivity index (χ0) is 23.1. The molecule has 0 aliphatic carbocycles. The van der Waals surface area contributed by atoms with Crippen molar-refractivity contribution in [3.05, 3.63) is 73.3 Å². The second kappa shape index (κ2) is 8.23. The molecule has 4 aromatic heterocycles. The predicted molar refractivity (Wildman–Crippen MR) is 128 cm³/mol. The van der Waals surface area contributed by atoms with Crippen molar-refractivity contribution in [2.45, 2.75) is 11.4 Å². The average Bonchev–Trinajstić information content (AvgIpc) is 3.40. The summed E-state index contributed by atoms with van der Waals surface area (Å²) in [6.45, 7) is 3.36. The van der Waals surface area contributed by atoms with E-state index >= 15 is 0 Å². The minimum Gasteiger partial charge on any atom is -0.380 e. The predicted octanol–water partition coefficient (Wildman–Crippen LogP) is 3.21. The first-order chi connectivity index (χ1) is 16.6. The van der Waals surface area contributed by atoms with Crippen molar-refractivity contribution in [1.82, 2.24) is 23.6 Å². The molecule has 6 rings (SSSR count). The molecular formula is C24H22N6O3S. The highest BCUT2D eigenvalue weighted by Crippen LogP contribution is 2.27. The highest BCUT2D eigenvalue weighted by atomic mass is 32.2. The summed E-state index contributed by atoms with van der Waals surface area (Å²) < 4.78 is 35.1. The van der Waals surface area contributed by atoms with Crippen molar-refractivity contribution in [3.8, 4) is 11.1 Å². The molecule has 1 aliphatic rings. The van der Waals surface area contributed by atoms with Gasteiger partial charge in [0.1, 0.15) is 16.7 Å². The third-order valence-electron chi connectivity index (χ3n) is 6.05. The Morgan fingerprint density at radius 1 is 0.882 bits per heavy atom. The second-order valence-electron chi connectivity index (χ2n) is 8.15. The van der Waals surface area contributed by atoms with Crippen LogP contribution in [0.2, 0.25) is 0 Å². The number of hydrogen-bond donors (Lipinski definition) is 0. The lowest BCUT2D eigenvalue weighted by molar-refractivity contribution is 0.152. The molecule has 1 saturated heterocycles. The summed E-state index contributed by atoms with van der Waals surface area (Å²) >= 11 is 0. The first-order valence-corrected chi connectivity index (χ1v) is 12.5. The van der Waals surface area contributed by atoms with Gasteiger partial charge in [-0.15, -0.1) is 0 Å². The van der Waals surface area contributed by atoms with Crippen LogP contribution in [-0.4, -0.2) is 58.3 Å². The molecule has 172 valence electrons. The number of fused-ring (bicyclic) bond motifs is 2. The van der Waals surface area contributed by atoms with Gasteiger partial charge in [0.25, 0.3) is 0 Å². The monoisotopic (exact) mass is 474 g/mol. The fourth-order valence-electron chi connectivity index (χ4n) is 4.29. The summed E-state index contributed by atoms with van der Waals surface area (Å²) in [5, 5.41) is 4.20. The molecule has 0 bridgehead atoms. The summed E-state index contributed by atoms with van der Waals surface area (Å²) in [6.07, 6.45) is 7.23. The zero-order valence-electron chi connectivity index (χ0n) is 18.3. The van der Waals surface area contributed by atoms with Crippen molar-refractivity contribution in [3.63, 3.8) is 0 Å². The molecule has 0 spiro atoms. The van der Waals surface area contributed by atoms with E-state index in [-0.39, 0.29) is 5.03 Å². The fraction of sp³-hybridized carbons (Fsp3) is 0.208. The Morgan fingerprint density at radius 2 is 1.76 bits per heavy atom. The standard InChI is InChI=1S/C24H22N6O3S/c31-34(32,24-17-26-23-4-1-2-10-29(23)24)30-22-14-19(15-25-21(22)16-27-30)18-5-7-20(8-6-18)28-9-3-12-33-13-11-28/h1-2,4-8,10,14-17H,3,9,11-13H2. The van der Waals surface area contributed by atoms with E-state index in [1.807, 2.05) is 24.3 Å². The molecule has 0 saturated carbocycles. The molecule has 0 unspecified atom stereocenters. The third kappa shape index (κ3) is 3.51. The van der Waals surface area contributed by atoms with Crippen LogP contribution in [-0.2, 0) is 14.8 Å². The average molecular weight is 475 g/mol. The van der Waals surface area contributed by atoms with Crippen molar-refractivity contribution in [2.24, 2.45) is 0 Å². The molecule has 1 aromatic carbocycles. The van der Waals surface area contributed by atoms with Crippen LogP contribution >= 0.6 is 0 Å². The van der Waals surface area contributed by atoms with Gasteiger partial charge in [-0.1, -0.05) is 18.2 Å². The van der Waals surface area contributed by atoms with Gasteiger partial charge >= 0.3 is 10.0 Å². The molecule has 34 heavy (non-hydrogen) atoms. The van der Waals surface area contributed by atoms with Crippen LogP contribution in [0.3, 0.4) is 0 Å². The Labute approximate surface area is 196 Å². The molecule has 0 atom stereocenters. The lowest BCUT2D eigenvalue weighted by Gasteiger charge is -2.22. The Balaban J connectivity index is 1.38. The SMILES string of the molecule is O=S(=O)(c1cnc2ccccn12)n1ncc2ncc(-c3ccc(N4CCCOCC4)cc3)cc21. The highest BCUT2D eigenvalue weighted by molar-refractivity contribution is 7.90. The largest absolute Gasteiger partial charge is 0.380 e. The van der Waals surface area contributed by atoms with Crippen molar-refractivity contribution < 1.29 is 13.2 Å². The molecule has 0 amide bonds. The fourth-order valence-corrected chi connectivity index (χ4v) is 5.64. The van der Waals surface area contributed by atoms with Crippen molar-refractivity contribution >= 4 is 32.4 Å². The van der Waals surface area contributed by atoms with Gasteiger partial charge in [0.15, 0.2) is 5.03 Å². The highest BCUT2D eigenvalue weighted by Gasteiger charge is 2.25. The smallest absolute Gasteiger partial charge is 0.301 e. The Hall–Kier alpha value is -3.76. The number of nitrogens with zero attached hydrogens (tertiary/aromatic N) is 6. The lowest BCUT2D eigenvalue weighted by Crippen LogP contribution is -2.25. The summed E-state index contributed by atoms with van der Waals surface area (Å²) in [6, 6.07) is 15.4. The van der Waals surface area contributed by atoms with Crippen LogP contribution in [0.15, 0.2) is 78.3 Å². The molecule has 1 fully saturated rings. The Kier molecular flexibility index (Phi) is 5.04. The number of benzene rings is 1. The molecule has 0 radical (unpaired) electrons. The minimum atomic E-state index is -3.98. The third-order valence-corrected chi connectivity index (χ3v) is 7.63. The Bertz CT molecular complexity index is 1580. The molecule has 9 nitrogen and oxygen atoms in total. The molecule has 0 N–H and O–H groups in total. The van der Waals surface area contributed by atoms with Gasteiger partial charge in [-0.3, -0.25) is 9.38 Å². The number of hydrogen-bond acceptors (Lipinski definition) is 7. The van der Waals surface area contributed by atoms with Gasteiger partial charge in [-0.05, 0) is 42.3 Å². The van der Waals surface area contributed by atoms with E-state index in [9.17, 15) is 8.42 Å². The van der Waals surface area contributed by atoms with Crippen LogP contribution < -0.4 is 4.90 Å². The van der Waals surface area contributed by atoms with Crippen molar-refractivity contribution in [2.75, 3.05) is 31.2 Å². The van der Waals surface area contributed by atoms with Gasteiger partial charge in [-0.25, -0.2) is 4.98 Å². The van der Waals surface area contributed by atoms with Crippen LogP contribution in [0.25, 0.3) is 27.8 Å². The molecule has 1 aliphatic heterocycles. The van der Waals surface area contributed by atoms with Crippen molar-refractivity contribution in [1.29, 1.82) is 0 Å². The number of pyridine rings is 2. The second-order valence-corrected chi connectivity index (χ2v) is 9.86. The van der Waals surface area contributed by atoms with Gasteiger partial charge in [0.2, 0.25) is 0 Å². The first-order valence-electron chi connectivity index (χ1n) is 11.1. The summed E-state index contributed by atoms with van der Waals surface area (Å²) in [5.74, 6) is 0. The van der Waals surface area contributed by atoms with E-state index in [0.29, 0.717) is 16.7 Å². The topological polar surface area (TPSA) is 94.6 Å². The summed E-state index contributed by atoms with van der Waals surface area (Å²) in [5.41, 5.74) is 4.37. The molecule has 10 heteroatoms. The molecule has 5 heterocycles. The van der Waals surface area contributed by atoms with Crippen LogP contribution in [0.1, 0.15) is 6.42 Å². The maximum atomic E-state index is 13.5. The number of rotatable bonds is 4. The van der Waals surface area contributed by atoms with Gasteiger partial charge in [0.05, 0.1) is 19.0 Å². The summed E-state index contributed by atoms with van der Waals surface area (Å²) in [4.78, 5) is 11.0. The number of ether oxygens (including phenoxy) is 1. The van der Waals surface area contributed by atoms with E-state index in [0.717, 1.165) is 53.6 Å². The number of anilines is 1. The van der Waals surface area contributed by atoms with Gasteiger partial charge in [0, 0.05) is 43.3 Å². The lowest BCUT2D eigenvalue weighted by atomic mass is 10.1. The van der Waals surface area contributed by atoms with E-state index in [1.165, 1.54) is 16.8 Å². The van der Waals surface area contributed by atoms with Crippen LogP contribution in [0.4, 0.5) is 5.69 Å². The van der Waals surface area contributed by atoms with Crippen LogP contribution in [0.5, 0.6) is 0 Å². The zero-order valence-corrected chi connectivity index (χ0v) is 19.1. The summed E-state index contributed by atoms with van der Waals surface area (Å²) in [7, 11) is -3.98. The maximum Gasteiger partial charge on any atom is 0.301 e. The van der Waals surface area contributed by atoms with E-state index in [4.69, 9.17) is 4.74 Å². The number of aromatic nitrogens is 5. The quantitative estimate of drug-likeness (QED) is 0.395. The van der Waals surface area contributed by atoms with Crippen LogP contribution in [0, 0.1) is 0 Å². The first kappa shape index (κ1) is 20.8. The van der Waals surface area contributed by atoms with E-state index in [2.05, 4.69) is 32.1 Å². The van der Waals surface area contributed by atoms with E-state index in [1.54, 1.807) is 24.5 Å². The van der Waals surface area contributed by atoms with E-state index < -0.39 is 10.0 Å². The molecular weight excluding hydrogens is 452 g/mol.